The fourth-order valence-corrected chi connectivity index (χ4v) is 2.35. The van der Waals surface area contributed by atoms with Gasteiger partial charge in [0.1, 0.15) is 0 Å². The Morgan fingerprint density at radius 2 is 2.15 bits per heavy atom. The van der Waals surface area contributed by atoms with E-state index in [0.717, 1.165) is 11.8 Å². The van der Waals surface area contributed by atoms with Gasteiger partial charge in [-0.3, -0.25) is 4.84 Å². The molecule has 2 atom stereocenters. The average Bonchev–Trinajstić information content (AvgIpc) is 2.63. The smallest absolute Gasteiger partial charge is 0.333 e. The molecule has 2 rings (SSSR count). The van der Waals surface area contributed by atoms with Crippen LogP contribution in [-0.4, -0.2) is 18.7 Å². The highest BCUT2D eigenvalue weighted by atomic mass is 16.7. The van der Waals surface area contributed by atoms with Gasteiger partial charge in [-0.1, -0.05) is 6.42 Å². The van der Waals surface area contributed by atoms with Crippen molar-refractivity contribution in [1.29, 1.82) is 0 Å². The van der Waals surface area contributed by atoms with Crippen LogP contribution in [0.3, 0.4) is 0 Å². The molecule has 13 heavy (non-hydrogen) atoms. The van der Waals surface area contributed by atoms with Crippen LogP contribution in [0.5, 0.6) is 0 Å². The fourth-order valence-electron chi connectivity index (χ4n) is 2.35. The molecular weight excluding hydrogens is 168 g/mol. The van der Waals surface area contributed by atoms with E-state index in [1.807, 2.05) is 6.92 Å². The topological polar surface area (TPSA) is 50.4 Å². The maximum Gasteiger partial charge on any atom is 0.338 e. The van der Waals surface area contributed by atoms with Crippen LogP contribution in [0.1, 0.15) is 26.2 Å². The summed E-state index contributed by atoms with van der Waals surface area (Å²) in [6.07, 6.45) is 3.90. The highest BCUT2D eigenvalue weighted by Crippen LogP contribution is 2.51. The lowest BCUT2D eigenvalue weighted by Gasteiger charge is -2.07. The molecule has 2 aliphatic carbocycles. The third kappa shape index (κ3) is 1.77. The zero-order valence-electron chi connectivity index (χ0n) is 7.88. The monoisotopic (exact) mass is 184 g/mol. The van der Waals surface area contributed by atoms with Crippen molar-refractivity contribution in [3.8, 4) is 0 Å². The minimum atomic E-state index is -0.193. The number of nitrogens with one attached hydrogen (secondary N) is 2. The molecule has 2 aliphatic rings. The Hall–Kier alpha value is -0.770. The SMILES string of the molecule is CCONC(=O)NC1C2CCCC21. The predicted molar refractivity (Wildman–Crippen MR) is 47.9 cm³/mol. The van der Waals surface area contributed by atoms with Gasteiger partial charge in [0.15, 0.2) is 0 Å². The Bertz CT molecular complexity index is 198. The van der Waals surface area contributed by atoms with Crippen molar-refractivity contribution >= 4 is 6.03 Å². The highest BCUT2D eigenvalue weighted by Gasteiger charge is 2.53. The molecular formula is C9H16N2O2. The second kappa shape index (κ2) is 3.54. The van der Waals surface area contributed by atoms with Crippen LogP contribution in [0.25, 0.3) is 0 Å². The molecule has 2 N–H and O–H groups in total. The molecule has 0 spiro atoms. The van der Waals surface area contributed by atoms with Gasteiger partial charge < -0.3 is 5.32 Å². The molecule has 0 bridgehead atoms. The van der Waals surface area contributed by atoms with Gasteiger partial charge >= 0.3 is 6.03 Å². The maximum absolute atomic E-state index is 11.1. The lowest BCUT2D eigenvalue weighted by atomic mass is 10.2. The van der Waals surface area contributed by atoms with Crippen LogP contribution >= 0.6 is 0 Å². The number of urea groups is 1. The summed E-state index contributed by atoms with van der Waals surface area (Å²) in [6, 6.07) is 0.232. The number of carbonyl (C=O) groups excluding carboxylic acids is 1. The molecule has 0 aliphatic heterocycles. The first-order valence-corrected chi connectivity index (χ1v) is 5.01. The number of hydrogen-bond acceptors (Lipinski definition) is 2. The third-order valence-electron chi connectivity index (χ3n) is 3.01. The summed E-state index contributed by atoms with van der Waals surface area (Å²) in [5.74, 6) is 1.51. The molecule has 0 aromatic carbocycles. The van der Waals surface area contributed by atoms with Gasteiger partial charge in [-0.2, -0.15) is 0 Å². The van der Waals surface area contributed by atoms with E-state index in [2.05, 4.69) is 10.8 Å². The first kappa shape index (κ1) is 8.81. The van der Waals surface area contributed by atoms with Gasteiger partial charge in [-0.25, -0.2) is 10.3 Å². The number of fused-ring (bicyclic) bond motifs is 1. The highest BCUT2D eigenvalue weighted by molar-refractivity contribution is 5.73. The summed E-state index contributed by atoms with van der Waals surface area (Å²) >= 11 is 0. The summed E-state index contributed by atoms with van der Waals surface area (Å²) in [5, 5.41) is 2.92. The average molecular weight is 184 g/mol. The maximum atomic E-state index is 11.1. The summed E-state index contributed by atoms with van der Waals surface area (Å²) in [5.41, 5.74) is 2.34. The van der Waals surface area contributed by atoms with E-state index >= 15 is 0 Å². The van der Waals surface area contributed by atoms with E-state index in [0.29, 0.717) is 12.6 Å². The number of rotatable bonds is 3. The molecule has 2 saturated carbocycles. The zero-order valence-corrected chi connectivity index (χ0v) is 7.88. The van der Waals surface area contributed by atoms with Crippen molar-refractivity contribution in [3.05, 3.63) is 0 Å². The van der Waals surface area contributed by atoms with Crippen LogP contribution in [0.15, 0.2) is 0 Å². The second-order valence-corrected chi connectivity index (χ2v) is 3.79. The van der Waals surface area contributed by atoms with Crippen LogP contribution in [0.4, 0.5) is 4.79 Å². The Kier molecular flexibility index (Phi) is 2.40. The molecule has 0 saturated heterocycles. The molecule has 0 heterocycles. The van der Waals surface area contributed by atoms with Crippen molar-refractivity contribution < 1.29 is 9.63 Å². The van der Waals surface area contributed by atoms with E-state index in [-0.39, 0.29) is 6.03 Å². The Morgan fingerprint density at radius 1 is 1.46 bits per heavy atom. The number of hydrogen-bond donors (Lipinski definition) is 2. The minimum Gasteiger partial charge on any atom is -0.333 e. The van der Waals surface area contributed by atoms with Crippen LogP contribution < -0.4 is 10.8 Å². The largest absolute Gasteiger partial charge is 0.338 e. The zero-order chi connectivity index (χ0) is 9.26. The fraction of sp³-hybridized carbons (Fsp3) is 0.889. The van der Waals surface area contributed by atoms with E-state index in [9.17, 15) is 4.79 Å². The molecule has 2 fully saturated rings. The second-order valence-electron chi connectivity index (χ2n) is 3.79. The minimum absolute atomic E-state index is 0.193. The van der Waals surface area contributed by atoms with Crippen LogP contribution in [0.2, 0.25) is 0 Å². The third-order valence-corrected chi connectivity index (χ3v) is 3.01. The van der Waals surface area contributed by atoms with Crippen molar-refractivity contribution in [3.63, 3.8) is 0 Å². The molecule has 4 nitrogen and oxygen atoms in total. The predicted octanol–water partition coefficient (Wildman–Crippen LogP) is 1.04. The molecule has 0 radical (unpaired) electrons. The lowest BCUT2D eigenvalue weighted by molar-refractivity contribution is 0.0702. The summed E-state index contributed by atoms with van der Waals surface area (Å²) in [4.78, 5) is 15.9. The van der Waals surface area contributed by atoms with Crippen LogP contribution in [-0.2, 0) is 4.84 Å². The van der Waals surface area contributed by atoms with Crippen LogP contribution in [0, 0.1) is 11.8 Å². The first-order chi connectivity index (χ1) is 6.33. The van der Waals surface area contributed by atoms with Crippen molar-refractivity contribution in [1.82, 2.24) is 10.8 Å². The standard InChI is InChI=1S/C9H16N2O2/c1-2-13-11-9(12)10-8-6-4-3-5-7(6)8/h6-8H,2-5H2,1H3,(H2,10,11,12). The van der Waals surface area contributed by atoms with E-state index in [1.54, 1.807) is 0 Å². The van der Waals surface area contributed by atoms with Crippen molar-refractivity contribution in [2.45, 2.75) is 32.2 Å². The van der Waals surface area contributed by atoms with Gasteiger partial charge in [0.25, 0.3) is 0 Å². The number of hydroxylamine groups is 1. The van der Waals surface area contributed by atoms with Crippen molar-refractivity contribution in [2.75, 3.05) is 6.61 Å². The lowest BCUT2D eigenvalue weighted by Crippen LogP contribution is -2.38. The normalized spacial score (nSPS) is 35.3. The molecule has 2 amide bonds. The summed E-state index contributed by atoms with van der Waals surface area (Å²) < 4.78 is 0. The molecule has 74 valence electrons. The number of amides is 2. The quantitative estimate of drug-likeness (QED) is 0.644. The summed E-state index contributed by atoms with van der Waals surface area (Å²) in [6.45, 7) is 2.34. The Morgan fingerprint density at radius 3 is 2.77 bits per heavy atom. The first-order valence-electron chi connectivity index (χ1n) is 5.01. The Balaban J connectivity index is 1.65. The summed E-state index contributed by atoms with van der Waals surface area (Å²) in [7, 11) is 0. The molecule has 0 aromatic rings. The molecule has 0 aromatic heterocycles. The molecule has 2 unspecified atom stereocenters. The van der Waals surface area contributed by atoms with E-state index in [4.69, 9.17) is 4.84 Å². The van der Waals surface area contributed by atoms with Gasteiger partial charge in [-0.05, 0) is 31.6 Å². The van der Waals surface area contributed by atoms with Gasteiger partial charge in [-0.15, -0.1) is 0 Å². The van der Waals surface area contributed by atoms with Crippen molar-refractivity contribution in [2.24, 2.45) is 11.8 Å². The molecule has 4 heteroatoms. The Labute approximate surface area is 78.0 Å². The van der Waals surface area contributed by atoms with E-state index < -0.39 is 0 Å². The van der Waals surface area contributed by atoms with Gasteiger partial charge in [0.05, 0.1) is 6.61 Å². The van der Waals surface area contributed by atoms with Gasteiger partial charge in [0.2, 0.25) is 0 Å². The van der Waals surface area contributed by atoms with E-state index in [1.165, 1.54) is 19.3 Å². The number of carbonyl (C=O) groups is 1. The van der Waals surface area contributed by atoms with Gasteiger partial charge in [0, 0.05) is 6.04 Å².